The van der Waals surface area contributed by atoms with Gasteiger partial charge in [0.2, 0.25) is 12.4 Å². The standard InChI is InChI=1S/C24H29F4N5O.2C2H6/c1-15-3-4-18(19(13-15)32-9-5-17(6-10-32)21(25)26)22(34)30-20-14-16(2)29-23(31-20)33-11-7-24(27,28)8-12-33;2*1-2/h3-4,13-14,17,21H,5-12H2,1-2H3,(H,29,30,31,34);2*1-2H3. The lowest BCUT2D eigenvalue weighted by Gasteiger charge is -2.34. The molecule has 2 fully saturated rings. The van der Waals surface area contributed by atoms with Crippen molar-refractivity contribution >= 4 is 23.4 Å². The van der Waals surface area contributed by atoms with Gasteiger partial charge in [0.1, 0.15) is 5.82 Å². The molecule has 4 rings (SSSR count). The van der Waals surface area contributed by atoms with Crippen LogP contribution in [0.4, 0.5) is 35.0 Å². The molecule has 212 valence electrons. The molecule has 0 radical (unpaired) electrons. The van der Waals surface area contributed by atoms with Crippen LogP contribution in [0, 0.1) is 19.8 Å². The Labute approximate surface area is 223 Å². The number of piperidine rings is 2. The van der Waals surface area contributed by atoms with E-state index in [-0.39, 0.29) is 37.7 Å². The highest BCUT2D eigenvalue weighted by atomic mass is 19.3. The molecule has 0 unspecified atom stereocenters. The lowest BCUT2D eigenvalue weighted by Crippen LogP contribution is -2.40. The van der Waals surface area contributed by atoms with Crippen molar-refractivity contribution in [2.24, 2.45) is 5.92 Å². The van der Waals surface area contributed by atoms with E-state index in [4.69, 9.17) is 0 Å². The monoisotopic (exact) mass is 539 g/mol. The van der Waals surface area contributed by atoms with E-state index in [2.05, 4.69) is 15.3 Å². The summed E-state index contributed by atoms with van der Waals surface area (Å²) in [5, 5.41) is 2.81. The van der Waals surface area contributed by atoms with Crippen LogP contribution in [0.3, 0.4) is 0 Å². The Kier molecular flexibility index (Phi) is 11.8. The molecule has 1 aromatic heterocycles. The van der Waals surface area contributed by atoms with E-state index in [9.17, 15) is 22.4 Å². The maximum Gasteiger partial charge on any atom is 0.258 e. The summed E-state index contributed by atoms with van der Waals surface area (Å²) in [6.07, 6.45) is -2.11. The van der Waals surface area contributed by atoms with Crippen LogP contribution in [-0.4, -0.2) is 54.4 Å². The number of carbonyl (C=O) groups is 1. The zero-order valence-electron chi connectivity index (χ0n) is 23.3. The molecule has 0 bridgehead atoms. The van der Waals surface area contributed by atoms with Gasteiger partial charge in [-0.3, -0.25) is 4.79 Å². The second-order valence-corrected chi connectivity index (χ2v) is 9.17. The van der Waals surface area contributed by atoms with Gasteiger partial charge in [-0.1, -0.05) is 33.8 Å². The van der Waals surface area contributed by atoms with Gasteiger partial charge < -0.3 is 15.1 Å². The summed E-state index contributed by atoms with van der Waals surface area (Å²) < 4.78 is 53.2. The summed E-state index contributed by atoms with van der Waals surface area (Å²) >= 11 is 0. The van der Waals surface area contributed by atoms with Crippen LogP contribution >= 0.6 is 0 Å². The van der Waals surface area contributed by atoms with Gasteiger partial charge in [-0.25, -0.2) is 22.5 Å². The first-order chi connectivity index (χ1) is 18.1. The van der Waals surface area contributed by atoms with E-state index in [1.54, 1.807) is 24.0 Å². The van der Waals surface area contributed by atoms with Gasteiger partial charge in [-0.15, -0.1) is 0 Å². The first-order valence-corrected chi connectivity index (χ1v) is 13.5. The van der Waals surface area contributed by atoms with Crippen molar-refractivity contribution in [2.45, 2.75) is 79.6 Å². The van der Waals surface area contributed by atoms with Gasteiger partial charge in [0.05, 0.1) is 5.56 Å². The number of nitrogens with zero attached hydrogens (tertiary/aromatic N) is 4. The third-order valence-electron chi connectivity index (χ3n) is 6.50. The number of hydrogen-bond acceptors (Lipinski definition) is 5. The molecule has 1 N–H and O–H groups in total. The fourth-order valence-electron chi connectivity index (χ4n) is 4.46. The Morgan fingerprint density at radius 2 is 1.55 bits per heavy atom. The van der Waals surface area contributed by atoms with Gasteiger partial charge in [0.25, 0.3) is 11.8 Å². The lowest BCUT2D eigenvalue weighted by molar-refractivity contribution is -0.0222. The average Bonchev–Trinajstić information content (AvgIpc) is 2.90. The van der Waals surface area contributed by atoms with Gasteiger partial charge in [0, 0.05) is 62.4 Å². The molecule has 2 aromatic rings. The van der Waals surface area contributed by atoms with E-state index in [0.29, 0.717) is 48.8 Å². The average molecular weight is 540 g/mol. The van der Waals surface area contributed by atoms with Crippen molar-refractivity contribution in [2.75, 3.05) is 41.3 Å². The van der Waals surface area contributed by atoms with Crippen LogP contribution in [0.15, 0.2) is 24.3 Å². The summed E-state index contributed by atoms with van der Waals surface area (Å²) in [6, 6.07) is 7.07. The normalized spacial score (nSPS) is 17.2. The van der Waals surface area contributed by atoms with Gasteiger partial charge in [-0.05, 0) is 44.4 Å². The molecule has 2 saturated heterocycles. The van der Waals surface area contributed by atoms with Crippen molar-refractivity contribution in [3.63, 3.8) is 0 Å². The topological polar surface area (TPSA) is 61.4 Å². The third-order valence-corrected chi connectivity index (χ3v) is 6.50. The van der Waals surface area contributed by atoms with Crippen LogP contribution < -0.4 is 15.1 Å². The van der Waals surface area contributed by atoms with Crippen molar-refractivity contribution in [3.05, 3.63) is 41.1 Å². The number of rotatable bonds is 5. The summed E-state index contributed by atoms with van der Waals surface area (Å²) in [7, 11) is 0. The first-order valence-electron chi connectivity index (χ1n) is 13.5. The number of aryl methyl sites for hydroxylation is 2. The first kappa shape index (κ1) is 31.3. The number of anilines is 3. The Morgan fingerprint density at radius 3 is 2.13 bits per heavy atom. The number of carbonyl (C=O) groups excluding carboxylic acids is 1. The predicted octanol–water partition coefficient (Wildman–Crippen LogP) is 7.12. The molecule has 38 heavy (non-hydrogen) atoms. The van der Waals surface area contributed by atoms with Gasteiger partial charge in [0.15, 0.2) is 0 Å². The number of amides is 1. The fraction of sp³-hybridized carbons (Fsp3) is 0.607. The Bertz CT molecular complexity index is 1030. The van der Waals surface area contributed by atoms with Crippen molar-refractivity contribution in [1.29, 1.82) is 0 Å². The Morgan fingerprint density at radius 1 is 0.947 bits per heavy atom. The molecule has 2 aliphatic rings. The van der Waals surface area contributed by atoms with Crippen LogP contribution in [0.5, 0.6) is 0 Å². The minimum Gasteiger partial charge on any atom is -0.371 e. The van der Waals surface area contributed by atoms with Crippen LogP contribution in [0.25, 0.3) is 0 Å². The number of benzene rings is 1. The number of hydrogen-bond donors (Lipinski definition) is 1. The summed E-state index contributed by atoms with van der Waals surface area (Å²) in [5.41, 5.74) is 2.70. The Hall–Kier alpha value is -2.91. The van der Waals surface area contributed by atoms with E-state index in [1.807, 2.05) is 51.7 Å². The third kappa shape index (κ3) is 8.30. The molecule has 10 heteroatoms. The van der Waals surface area contributed by atoms with E-state index in [1.165, 1.54) is 0 Å². The maximum atomic E-state index is 13.5. The number of nitrogens with one attached hydrogen (secondary N) is 1. The molecular weight excluding hydrogens is 498 g/mol. The minimum absolute atomic E-state index is 0.139. The highest BCUT2D eigenvalue weighted by molar-refractivity contribution is 6.08. The minimum atomic E-state index is -2.68. The van der Waals surface area contributed by atoms with Crippen LogP contribution in [0.1, 0.15) is 75.0 Å². The van der Waals surface area contributed by atoms with Crippen molar-refractivity contribution < 1.29 is 22.4 Å². The molecule has 0 saturated carbocycles. The maximum absolute atomic E-state index is 13.5. The van der Waals surface area contributed by atoms with Crippen molar-refractivity contribution in [3.8, 4) is 0 Å². The lowest BCUT2D eigenvalue weighted by atomic mass is 9.96. The molecule has 2 aliphatic heterocycles. The molecule has 1 amide bonds. The Balaban J connectivity index is 0.00000121. The van der Waals surface area contributed by atoms with Crippen LogP contribution in [-0.2, 0) is 0 Å². The SMILES string of the molecule is CC.CC.Cc1ccc(C(=O)Nc2cc(C)nc(N3CCC(F)(F)CC3)n2)c(N2CCC(C(F)F)CC2)c1. The summed E-state index contributed by atoms with van der Waals surface area (Å²) in [4.78, 5) is 25.6. The number of alkyl halides is 4. The molecule has 0 spiro atoms. The van der Waals surface area contributed by atoms with Gasteiger partial charge in [-0.2, -0.15) is 4.98 Å². The molecule has 0 atom stereocenters. The molecule has 1 aromatic carbocycles. The zero-order chi connectivity index (χ0) is 28.5. The summed E-state index contributed by atoms with van der Waals surface area (Å²) in [5.74, 6) is -3.07. The predicted molar refractivity (Wildman–Crippen MR) is 146 cm³/mol. The molecular formula is C28H41F4N5O. The van der Waals surface area contributed by atoms with Crippen molar-refractivity contribution in [1.82, 2.24) is 9.97 Å². The zero-order valence-corrected chi connectivity index (χ0v) is 23.3. The molecule has 6 nitrogen and oxygen atoms in total. The summed E-state index contributed by atoms with van der Waals surface area (Å²) in [6.45, 7) is 12.9. The smallest absolute Gasteiger partial charge is 0.258 e. The fourth-order valence-corrected chi connectivity index (χ4v) is 4.46. The second kappa shape index (κ2) is 14.3. The quantitative estimate of drug-likeness (QED) is 0.410. The van der Waals surface area contributed by atoms with Crippen LogP contribution in [0.2, 0.25) is 0 Å². The number of aromatic nitrogens is 2. The molecule has 3 heterocycles. The highest BCUT2D eigenvalue weighted by Crippen LogP contribution is 2.32. The van der Waals surface area contributed by atoms with Gasteiger partial charge >= 0.3 is 0 Å². The van der Waals surface area contributed by atoms with E-state index in [0.717, 1.165) is 5.56 Å². The highest BCUT2D eigenvalue weighted by Gasteiger charge is 2.35. The van der Waals surface area contributed by atoms with E-state index < -0.39 is 18.3 Å². The van der Waals surface area contributed by atoms with E-state index >= 15 is 0 Å². The number of halogens is 4. The molecule has 0 aliphatic carbocycles. The second-order valence-electron chi connectivity index (χ2n) is 9.17. The largest absolute Gasteiger partial charge is 0.371 e.